The van der Waals surface area contributed by atoms with Crippen molar-refractivity contribution in [1.29, 1.82) is 0 Å². The van der Waals surface area contributed by atoms with Crippen molar-refractivity contribution in [3.8, 4) is 0 Å². The summed E-state index contributed by atoms with van der Waals surface area (Å²) in [5.74, 6) is 0.730. The molecule has 0 aromatic carbocycles. The summed E-state index contributed by atoms with van der Waals surface area (Å²) in [6, 6.07) is 3.79. The predicted octanol–water partition coefficient (Wildman–Crippen LogP) is 2.24. The lowest BCUT2D eigenvalue weighted by Crippen LogP contribution is -2.30. The van der Waals surface area contributed by atoms with E-state index >= 15 is 0 Å². The van der Waals surface area contributed by atoms with Gasteiger partial charge in [0.1, 0.15) is 12.4 Å². The van der Waals surface area contributed by atoms with E-state index in [1.807, 2.05) is 19.1 Å². The maximum atomic E-state index is 12.1. The molecule has 7 heteroatoms. The van der Waals surface area contributed by atoms with E-state index in [9.17, 15) is 9.59 Å². The number of amides is 1. The summed E-state index contributed by atoms with van der Waals surface area (Å²) >= 11 is 1.11. The van der Waals surface area contributed by atoms with Crippen LogP contribution in [0.25, 0.3) is 0 Å². The Hall–Kier alpha value is -2.15. The van der Waals surface area contributed by atoms with Crippen molar-refractivity contribution in [3.63, 3.8) is 0 Å². The van der Waals surface area contributed by atoms with Crippen molar-refractivity contribution >= 4 is 28.7 Å². The maximum Gasteiger partial charge on any atom is 0.307 e. The van der Waals surface area contributed by atoms with Gasteiger partial charge in [0.2, 0.25) is 5.91 Å². The first-order valence-corrected chi connectivity index (χ1v) is 8.67. The Morgan fingerprint density at radius 1 is 1.30 bits per heavy atom. The molecule has 3 rings (SSSR count). The van der Waals surface area contributed by atoms with Gasteiger partial charge < -0.3 is 10.2 Å². The molecule has 1 fully saturated rings. The monoisotopic (exact) mass is 332 g/mol. The lowest BCUT2D eigenvalue weighted by molar-refractivity contribution is -0.116. The molecule has 0 bridgehead atoms. The van der Waals surface area contributed by atoms with E-state index < -0.39 is 0 Å². The van der Waals surface area contributed by atoms with Crippen LogP contribution in [0.3, 0.4) is 0 Å². The maximum absolute atomic E-state index is 12.1. The van der Waals surface area contributed by atoms with Crippen molar-refractivity contribution in [2.24, 2.45) is 0 Å². The molecule has 0 saturated carbocycles. The molecule has 0 aliphatic carbocycles. The third-order valence-corrected chi connectivity index (χ3v) is 4.87. The van der Waals surface area contributed by atoms with Crippen LogP contribution in [0.5, 0.6) is 0 Å². The number of hydrogen-bond acceptors (Lipinski definition) is 5. The molecule has 0 spiro atoms. The number of thiazole rings is 1. The number of nitrogens with zero attached hydrogens (tertiary/aromatic N) is 3. The number of piperidine rings is 1. The number of rotatable bonds is 4. The van der Waals surface area contributed by atoms with Gasteiger partial charge in [0.15, 0.2) is 0 Å². The minimum atomic E-state index is -0.221. The van der Waals surface area contributed by atoms with E-state index in [0.29, 0.717) is 5.69 Å². The second-order valence-electron chi connectivity index (χ2n) is 5.73. The van der Waals surface area contributed by atoms with Crippen molar-refractivity contribution in [1.82, 2.24) is 9.55 Å². The van der Waals surface area contributed by atoms with Crippen LogP contribution in [0, 0.1) is 6.92 Å². The molecular weight excluding hydrogens is 312 g/mol. The summed E-state index contributed by atoms with van der Waals surface area (Å²) in [5, 5.41) is 4.54. The second kappa shape index (κ2) is 6.95. The molecule has 2 aromatic rings. The van der Waals surface area contributed by atoms with E-state index in [-0.39, 0.29) is 17.3 Å². The van der Waals surface area contributed by atoms with Gasteiger partial charge >= 0.3 is 4.87 Å². The molecule has 0 unspecified atom stereocenters. The Morgan fingerprint density at radius 2 is 2.09 bits per heavy atom. The Labute approximate surface area is 138 Å². The van der Waals surface area contributed by atoms with Gasteiger partial charge in [-0.2, -0.15) is 0 Å². The molecule has 1 aliphatic rings. The number of hydrogen-bond donors (Lipinski definition) is 1. The molecule has 1 aliphatic heterocycles. The lowest BCUT2D eigenvalue weighted by Gasteiger charge is -2.27. The third-order valence-electron chi connectivity index (χ3n) is 3.99. The van der Waals surface area contributed by atoms with Crippen molar-refractivity contribution in [2.45, 2.75) is 32.7 Å². The minimum Gasteiger partial charge on any atom is -0.357 e. The number of carbonyl (C=O) groups is 1. The first-order valence-electron chi connectivity index (χ1n) is 7.79. The number of anilines is 2. The molecular formula is C16H20N4O2S. The largest absolute Gasteiger partial charge is 0.357 e. The van der Waals surface area contributed by atoms with Gasteiger partial charge in [-0.15, -0.1) is 0 Å². The van der Waals surface area contributed by atoms with Crippen LogP contribution in [0.4, 0.5) is 11.5 Å². The zero-order valence-electron chi connectivity index (χ0n) is 13.1. The zero-order chi connectivity index (χ0) is 16.2. The van der Waals surface area contributed by atoms with Crippen LogP contribution >= 0.6 is 11.3 Å². The van der Waals surface area contributed by atoms with Crippen LogP contribution in [-0.4, -0.2) is 28.5 Å². The predicted molar refractivity (Wildman–Crippen MR) is 92.2 cm³/mol. The summed E-state index contributed by atoms with van der Waals surface area (Å²) in [6.45, 7) is 3.93. The van der Waals surface area contributed by atoms with Gasteiger partial charge in [0, 0.05) is 24.2 Å². The minimum absolute atomic E-state index is 0.0298. The van der Waals surface area contributed by atoms with Crippen LogP contribution in [-0.2, 0) is 11.3 Å². The Morgan fingerprint density at radius 3 is 2.70 bits per heavy atom. The summed E-state index contributed by atoms with van der Waals surface area (Å²) < 4.78 is 1.47. The van der Waals surface area contributed by atoms with Crippen LogP contribution in [0.2, 0.25) is 0 Å². The van der Waals surface area contributed by atoms with Gasteiger partial charge in [0.25, 0.3) is 0 Å². The van der Waals surface area contributed by atoms with E-state index in [0.717, 1.165) is 35.9 Å². The van der Waals surface area contributed by atoms with Crippen molar-refractivity contribution < 1.29 is 4.79 Å². The molecule has 1 N–H and O–H groups in total. The number of nitrogens with one attached hydrogen (secondary N) is 1. The molecule has 1 saturated heterocycles. The Bertz CT molecular complexity index is 729. The SMILES string of the molecule is Cc1csc(=O)n1CC(=O)Nc1ccc(N2CCCCC2)nc1. The van der Waals surface area contributed by atoms with E-state index in [4.69, 9.17) is 0 Å². The highest BCUT2D eigenvalue weighted by atomic mass is 32.1. The number of aromatic nitrogens is 2. The van der Waals surface area contributed by atoms with E-state index in [2.05, 4.69) is 15.2 Å². The standard InChI is InChI=1S/C16H20N4O2S/c1-12-11-23-16(22)20(12)10-15(21)18-13-5-6-14(17-9-13)19-7-3-2-4-8-19/h5-6,9,11H,2-4,7-8,10H2,1H3,(H,18,21). The second-order valence-corrected chi connectivity index (χ2v) is 6.55. The normalized spacial score (nSPS) is 14.7. The molecule has 2 aromatic heterocycles. The fourth-order valence-electron chi connectivity index (χ4n) is 2.71. The number of aryl methyl sites for hydroxylation is 1. The molecule has 1 amide bonds. The topological polar surface area (TPSA) is 67.2 Å². The lowest BCUT2D eigenvalue weighted by atomic mass is 10.1. The summed E-state index contributed by atoms with van der Waals surface area (Å²) in [5.41, 5.74) is 1.45. The summed E-state index contributed by atoms with van der Waals surface area (Å²) in [6.07, 6.45) is 5.36. The van der Waals surface area contributed by atoms with Gasteiger partial charge in [-0.05, 0) is 38.3 Å². The highest BCUT2D eigenvalue weighted by Crippen LogP contribution is 2.18. The van der Waals surface area contributed by atoms with Gasteiger partial charge in [0.05, 0.1) is 11.9 Å². The first-order chi connectivity index (χ1) is 11.1. The molecule has 23 heavy (non-hydrogen) atoms. The Kier molecular flexibility index (Phi) is 4.76. The van der Waals surface area contributed by atoms with E-state index in [1.165, 1.54) is 23.8 Å². The summed E-state index contributed by atoms with van der Waals surface area (Å²) in [7, 11) is 0. The highest BCUT2D eigenvalue weighted by Gasteiger charge is 2.12. The summed E-state index contributed by atoms with van der Waals surface area (Å²) in [4.78, 5) is 30.3. The van der Waals surface area contributed by atoms with Gasteiger partial charge in [-0.25, -0.2) is 4.98 Å². The van der Waals surface area contributed by atoms with Crippen molar-refractivity contribution in [3.05, 3.63) is 39.1 Å². The van der Waals surface area contributed by atoms with Crippen LogP contribution in [0.15, 0.2) is 28.5 Å². The molecule has 6 nitrogen and oxygen atoms in total. The van der Waals surface area contributed by atoms with Gasteiger partial charge in [-0.1, -0.05) is 11.3 Å². The van der Waals surface area contributed by atoms with Crippen LogP contribution < -0.4 is 15.1 Å². The molecule has 0 atom stereocenters. The smallest absolute Gasteiger partial charge is 0.307 e. The van der Waals surface area contributed by atoms with Crippen LogP contribution in [0.1, 0.15) is 25.0 Å². The van der Waals surface area contributed by atoms with Gasteiger partial charge in [-0.3, -0.25) is 14.2 Å². The number of carbonyl (C=O) groups excluding carboxylic acids is 1. The Balaban J connectivity index is 1.61. The number of pyridine rings is 1. The average molecular weight is 332 g/mol. The zero-order valence-corrected chi connectivity index (χ0v) is 13.9. The van der Waals surface area contributed by atoms with Crippen molar-refractivity contribution in [2.75, 3.05) is 23.3 Å². The molecule has 0 radical (unpaired) electrons. The van der Waals surface area contributed by atoms with E-state index in [1.54, 1.807) is 11.6 Å². The quantitative estimate of drug-likeness (QED) is 0.932. The fraction of sp³-hybridized carbons (Fsp3) is 0.438. The average Bonchev–Trinajstić information content (AvgIpc) is 2.88. The molecule has 122 valence electrons. The first kappa shape index (κ1) is 15.7. The molecule has 3 heterocycles. The highest BCUT2D eigenvalue weighted by molar-refractivity contribution is 7.07. The fourth-order valence-corrected chi connectivity index (χ4v) is 3.44. The third kappa shape index (κ3) is 3.79.